The average molecular weight is 558 g/mol. The van der Waals surface area contributed by atoms with Gasteiger partial charge in [0.25, 0.3) is 11.1 Å². The number of nitrogens with one attached hydrogen (secondary N) is 2. The molecule has 0 atom stereocenters. The molecule has 5 aromatic rings. The van der Waals surface area contributed by atoms with Crippen LogP contribution >= 0.6 is 24.4 Å². The summed E-state index contributed by atoms with van der Waals surface area (Å²) in [5.74, 6) is -2.27. The number of hydrogen-bond acceptors (Lipinski definition) is 7. The maximum Gasteiger partial charge on any atom is 0.259 e. The van der Waals surface area contributed by atoms with Crippen molar-refractivity contribution >= 4 is 24.4 Å². The minimum Gasteiger partial charge on any atom is -0.494 e. The van der Waals surface area contributed by atoms with Gasteiger partial charge in [-0.3, -0.25) is 33.7 Å². The van der Waals surface area contributed by atoms with Gasteiger partial charge in [0.2, 0.25) is 11.8 Å². The topological polar surface area (TPSA) is 129 Å². The van der Waals surface area contributed by atoms with Crippen molar-refractivity contribution in [1.29, 1.82) is 0 Å². The maximum atomic E-state index is 13.5. The molecule has 0 saturated heterocycles. The summed E-state index contributed by atoms with van der Waals surface area (Å²) in [6, 6.07) is 19.3. The van der Waals surface area contributed by atoms with E-state index < -0.39 is 28.8 Å². The number of aromatic amines is 2. The Hall–Kier alpha value is -4.61. The Balaban J connectivity index is 1.91. The normalized spacial score (nSPS) is 11.2. The van der Waals surface area contributed by atoms with Gasteiger partial charge in [0.1, 0.15) is 0 Å². The molecule has 9 nitrogen and oxygen atoms in total. The smallest absolute Gasteiger partial charge is 0.259 e. The highest BCUT2D eigenvalue weighted by molar-refractivity contribution is 7.71. The number of aryl methyl sites for hydroxylation is 2. The number of aromatic nitrogens is 5. The van der Waals surface area contributed by atoms with Crippen LogP contribution in [0.15, 0.2) is 82.5 Å². The van der Waals surface area contributed by atoms with Gasteiger partial charge in [-0.15, -0.1) is 0 Å². The minimum absolute atomic E-state index is 0.0377. The van der Waals surface area contributed by atoms with Crippen molar-refractivity contribution in [2.45, 2.75) is 19.8 Å². The van der Waals surface area contributed by atoms with Crippen LogP contribution in [0.3, 0.4) is 0 Å². The Labute approximate surface area is 232 Å². The third-order valence-electron chi connectivity index (χ3n) is 6.52. The molecule has 2 aromatic carbocycles. The lowest BCUT2D eigenvalue weighted by Gasteiger charge is -2.22. The average Bonchev–Trinajstić information content (AvgIpc) is 2.90. The predicted molar refractivity (Wildman–Crippen MR) is 152 cm³/mol. The molecule has 0 amide bonds. The number of para-hydroxylation sites is 2. The summed E-state index contributed by atoms with van der Waals surface area (Å²) in [4.78, 5) is 36.6. The molecule has 0 fully saturated rings. The number of aromatic hydroxyl groups is 2. The van der Waals surface area contributed by atoms with E-state index in [1.807, 2.05) is 38.1 Å². The van der Waals surface area contributed by atoms with Gasteiger partial charge in [0.15, 0.2) is 9.54 Å². The van der Waals surface area contributed by atoms with Crippen LogP contribution < -0.4 is 11.1 Å². The first-order valence-electron chi connectivity index (χ1n) is 11.9. The zero-order valence-electron chi connectivity index (χ0n) is 20.9. The molecule has 0 aliphatic heterocycles. The molecule has 196 valence electrons. The van der Waals surface area contributed by atoms with E-state index in [0.29, 0.717) is 11.4 Å². The van der Waals surface area contributed by atoms with Crippen LogP contribution in [0.4, 0.5) is 0 Å². The number of hydrogen-bond donors (Lipinski definition) is 4. The molecule has 4 N–H and O–H groups in total. The second-order valence-electron chi connectivity index (χ2n) is 8.92. The number of rotatable bonds is 5. The summed E-state index contributed by atoms with van der Waals surface area (Å²) >= 11 is 10.8. The van der Waals surface area contributed by atoms with E-state index in [-0.39, 0.29) is 26.4 Å². The number of nitrogens with zero attached hydrogens (tertiary/aromatic N) is 3. The second-order valence-corrected chi connectivity index (χ2v) is 9.70. The Morgan fingerprint density at radius 1 is 0.718 bits per heavy atom. The van der Waals surface area contributed by atoms with Gasteiger partial charge in [-0.2, -0.15) is 0 Å². The summed E-state index contributed by atoms with van der Waals surface area (Å²) in [6.45, 7) is 3.67. The summed E-state index contributed by atoms with van der Waals surface area (Å²) < 4.78 is 2.56. The highest BCUT2D eigenvalue weighted by Crippen LogP contribution is 2.38. The van der Waals surface area contributed by atoms with Crippen molar-refractivity contribution in [1.82, 2.24) is 24.1 Å². The van der Waals surface area contributed by atoms with E-state index in [1.165, 1.54) is 15.3 Å². The third kappa shape index (κ3) is 4.51. The lowest BCUT2D eigenvalue weighted by Crippen LogP contribution is -2.28. The minimum atomic E-state index is -1.30. The molecular weight excluding hydrogens is 534 g/mol. The van der Waals surface area contributed by atoms with Crippen molar-refractivity contribution in [2.24, 2.45) is 0 Å². The number of benzene rings is 2. The summed E-state index contributed by atoms with van der Waals surface area (Å²) in [5.41, 5.74) is 0.955. The Morgan fingerprint density at radius 2 is 1.15 bits per heavy atom. The zero-order valence-corrected chi connectivity index (χ0v) is 22.5. The van der Waals surface area contributed by atoms with E-state index in [2.05, 4.69) is 15.0 Å². The molecule has 11 heteroatoms. The fourth-order valence-corrected chi connectivity index (χ4v) is 5.21. The fourth-order valence-electron chi connectivity index (χ4n) is 4.66. The summed E-state index contributed by atoms with van der Waals surface area (Å²) in [7, 11) is 0. The lowest BCUT2D eigenvalue weighted by molar-refractivity contribution is 0.413. The van der Waals surface area contributed by atoms with Crippen LogP contribution in [0, 0.1) is 23.4 Å². The molecule has 5 rings (SSSR count). The van der Waals surface area contributed by atoms with E-state index in [4.69, 9.17) is 24.4 Å². The van der Waals surface area contributed by atoms with Gasteiger partial charge in [0, 0.05) is 6.20 Å². The fraction of sp³-hybridized carbons (Fsp3) is 0.107. The molecule has 3 aromatic heterocycles. The molecular formula is C28H23N5O4S2. The summed E-state index contributed by atoms with van der Waals surface area (Å²) in [6.07, 6.45) is 1.49. The zero-order chi connectivity index (χ0) is 27.8. The van der Waals surface area contributed by atoms with Crippen molar-refractivity contribution in [2.75, 3.05) is 0 Å². The van der Waals surface area contributed by atoms with Gasteiger partial charge in [-0.1, -0.05) is 42.5 Å². The van der Waals surface area contributed by atoms with Crippen LogP contribution in [0.2, 0.25) is 0 Å². The van der Waals surface area contributed by atoms with E-state index in [0.717, 1.165) is 11.1 Å². The lowest BCUT2D eigenvalue weighted by atomic mass is 9.90. The molecule has 39 heavy (non-hydrogen) atoms. The number of pyridine rings is 1. The van der Waals surface area contributed by atoms with Crippen LogP contribution in [-0.4, -0.2) is 34.3 Å². The van der Waals surface area contributed by atoms with Gasteiger partial charge >= 0.3 is 0 Å². The van der Waals surface area contributed by atoms with Crippen molar-refractivity contribution in [3.05, 3.63) is 131 Å². The first-order valence-corrected chi connectivity index (χ1v) is 12.7. The molecule has 0 unspecified atom stereocenters. The Bertz CT molecular complexity index is 1840. The van der Waals surface area contributed by atoms with Crippen molar-refractivity contribution in [3.63, 3.8) is 0 Å². The Morgan fingerprint density at radius 3 is 1.56 bits per heavy atom. The van der Waals surface area contributed by atoms with Crippen LogP contribution in [0.25, 0.3) is 11.4 Å². The van der Waals surface area contributed by atoms with Crippen LogP contribution in [-0.2, 0) is 0 Å². The third-order valence-corrected chi connectivity index (χ3v) is 7.08. The monoisotopic (exact) mass is 557 g/mol. The Kier molecular flexibility index (Phi) is 6.85. The molecule has 0 spiro atoms. The second kappa shape index (κ2) is 10.3. The van der Waals surface area contributed by atoms with Gasteiger partial charge in [0.05, 0.1) is 34.1 Å². The van der Waals surface area contributed by atoms with Gasteiger partial charge < -0.3 is 10.2 Å². The molecule has 0 bridgehead atoms. The quantitative estimate of drug-likeness (QED) is 0.231. The molecule has 3 heterocycles. The SMILES string of the molecule is Cc1ccccc1-n1c(O)c(C(c2ccccn2)c2c(O)n(-c3ccccc3C)c(=S)[nH]c2=O)c(=O)[nH]c1=S. The van der Waals surface area contributed by atoms with Crippen LogP contribution in [0.5, 0.6) is 11.8 Å². The van der Waals surface area contributed by atoms with Gasteiger partial charge in [-0.25, -0.2) is 0 Å². The van der Waals surface area contributed by atoms with E-state index in [1.54, 1.807) is 42.5 Å². The van der Waals surface area contributed by atoms with Crippen molar-refractivity contribution < 1.29 is 10.2 Å². The highest BCUT2D eigenvalue weighted by Gasteiger charge is 2.33. The first-order chi connectivity index (χ1) is 18.7. The predicted octanol–water partition coefficient (Wildman–Crippen LogP) is 4.71. The molecule has 0 aliphatic carbocycles. The summed E-state index contributed by atoms with van der Waals surface area (Å²) in [5, 5.41) is 23.2. The van der Waals surface area contributed by atoms with E-state index >= 15 is 0 Å². The highest BCUT2D eigenvalue weighted by atomic mass is 32.1. The van der Waals surface area contributed by atoms with Crippen molar-refractivity contribution in [3.8, 4) is 23.1 Å². The standard InChI is InChI=1S/C28H23N5O4S2/c1-15-9-3-5-12-18(15)32-25(36)21(23(34)30-27(32)38)20(17-11-7-8-14-29-17)22-24(35)31-28(39)33(26(22)37)19-13-6-4-10-16(19)2/h3-14,20,36-37H,1-2H3,(H,30,34,38)(H,31,35,39). The molecule has 0 saturated carbocycles. The first kappa shape index (κ1) is 26.0. The van der Waals surface area contributed by atoms with E-state index in [9.17, 15) is 19.8 Å². The largest absolute Gasteiger partial charge is 0.494 e. The molecule has 0 aliphatic rings. The maximum absolute atomic E-state index is 13.5. The van der Waals surface area contributed by atoms with Gasteiger partial charge in [-0.05, 0) is 73.7 Å². The van der Waals surface area contributed by atoms with Crippen LogP contribution in [0.1, 0.15) is 33.9 Å². The number of H-pyrrole nitrogens is 2. The molecule has 0 radical (unpaired) electrons.